The molecular weight excluding hydrogens is 1470 g/mol. The average molecular weight is 1650 g/mol. The topological polar surface area (TPSA) is 31.6 Å². The van der Waals surface area contributed by atoms with Gasteiger partial charge in [0, 0.05) is 29.0 Å². The van der Waals surface area contributed by atoms with Crippen LogP contribution >= 0.6 is 0 Å². The zero-order chi connectivity index (χ0) is 83.8. The highest BCUT2D eigenvalue weighted by Crippen LogP contribution is 2.30. The van der Waals surface area contributed by atoms with E-state index in [9.17, 15) is 0 Å². The Bertz CT molecular complexity index is 4570. The van der Waals surface area contributed by atoms with Crippen LogP contribution in [0.5, 0.6) is 0 Å². The minimum atomic E-state index is 0. The van der Waals surface area contributed by atoms with Crippen LogP contribution in [0.1, 0.15) is 277 Å². The number of benzene rings is 11. The Morgan fingerprint density at radius 3 is 1.12 bits per heavy atom. The second-order valence-electron chi connectivity index (χ2n) is 36.4. The van der Waals surface area contributed by atoms with Crippen molar-refractivity contribution in [1.29, 1.82) is 0 Å². The largest absolute Gasteiger partial charge is 0.365 e. The van der Waals surface area contributed by atoms with E-state index in [-0.39, 0.29) is 44.6 Å². The van der Waals surface area contributed by atoms with Crippen molar-refractivity contribution < 1.29 is 0 Å². The van der Waals surface area contributed by atoms with E-state index in [1.54, 1.807) is 0 Å². The van der Waals surface area contributed by atoms with Crippen LogP contribution in [0.4, 0.5) is 0 Å². The van der Waals surface area contributed by atoms with Crippen LogP contribution in [0.3, 0.4) is 0 Å². The van der Waals surface area contributed by atoms with Gasteiger partial charge in [-0.25, -0.2) is 0 Å². The van der Waals surface area contributed by atoms with Gasteiger partial charge in [0.15, 0.2) is 0 Å². The Labute approximate surface area is 751 Å². The van der Waals surface area contributed by atoms with Gasteiger partial charge in [-0.15, -0.1) is 0 Å². The summed E-state index contributed by atoms with van der Waals surface area (Å²) in [6.07, 6.45) is 26.4. The van der Waals surface area contributed by atoms with E-state index in [2.05, 4.69) is 427 Å². The summed E-state index contributed by atoms with van der Waals surface area (Å²) in [5, 5.41) is 6.82. The minimum absolute atomic E-state index is 0. The molecule has 1 aliphatic carbocycles. The smallest absolute Gasteiger partial charge is 0.0456 e. The first kappa shape index (κ1) is 113. The summed E-state index contributed by atoms with van der Waals surface area (Å²) in [7, 11) is 0. The van der Waals surface area contributed by atoms with E-state index in [0.29, 0.717) is 0 Å². The number of H-pyrrole nitrogens is 2. The van der Waals surface area contributed by atoms with Gasteiger partial charge in [0.25, 0.3) is 0 Å². The molecular formula is C120H176N2. The van der Waals surface area contributed by atoms with Crippen molar-refractivity contribution in [2.24, 2.45) is 59.2 Å². The fraction of sp³-hybridized carbons (Fsp3) is 0.433. The lowest BCUT2D eigenvalue weighted by molar-refractivity contribution is 0.305. The van der Waals surface area contributed by atoms with Crippen molar-refractivity contribution >= 4 is 32.4 Å². The predicted molar refractivity (Wildman–Crippen MR) is 557 cm³/mol. The maximum Gasteiger partial charge on any atom is 0.0456 e. The van der Waals surface area contributed by atoms with Crippen LogP contribution in [0.2, 0.25) is 0 Å². The minimum Gasteiger partial charge on any atom is -0.365 e. The molecule has 122 heavy (non-hydrogen) atoms. The van der Waals surface area contributed by atoms with Crippen LogP contribution in [-0.4, -0.2) is 9.97 Å². The highest BCUT2D eigenvalue weighted by atomic mass is 14.7. The number of aryl methyl sites for hydroxylation is 4. The van der Waals surface area contributed by atoms with E-state index < -0.39 is 0 Å². The quantitative estimate of drug-likeness (QED) is 0.0640. The number of hydrogen-bond donors (Lipinski definition) is 2. The summed E-state index contributed by atoms with van der Waals surface area (Å²) in [6, 6.07) is 102. The summed E-state index contributed by atoms with van der Waals surface area (Å²) in [6.45, 7) is 43.0. The molecule has 1 saturated carbocycles. The highest BCUT2D eigenvalue weighted by Gasteiger charge is 2.14. The first-order valence-corrected chi connectivity index (χ1v) is 44.9. The maximum atomic E-state index is 3.29. The predicted octanol–water partition coefficient (Wildman–Crippen LogP) is 37.4. The van der Waals surface area contributed by atoms with Gasteiger partial charge in [-0.2, -0.15) is 0 Å². The Kier molecular flexibility index (Phi) is 59.6. The Morgan fingerprint density at radius 1 is 0.270 bits per heavy atom. The number of fused-ring (bicyclic) bond motifs is 3. The third-order valence-electron chi connectivity index (χ3n) is 20.8. The van der Waals surface area contributed by atoms with E-state index in [1.165, 1.54) is 195 Å². The fourth-order valence-electron chi connectivity index (χ4n) is 14.7. The van der Waals surface area contributed by atoms with E-state index >= 15 is 0 Å². The Morgan fingerprint density at radius 2 is 0.656 bits per heavy atom. The third-order valence-corrected chi connectivity index (χ3v) is 20.8. The molecule has 0 amide bonds. The summed E-state index contributed by atoms with van der Waals surface area (Å²) in [4.78, 5) is 6.46. The zero-order valence-electron chi connectivity index (χ0n) is 75.6. The first-order valence-electron chi connectivity index (χ1n) is 44.9. The lowest BCUT2D eigenvalue weighted by atomic mass is 9.84. The fourth-order valence-corrected chi connectivity index (χ4v) is 14.7. The normalized spacial score (nSPS) is 11.2. The Hall–Kier alpha value is -9.24. The molecule has 0 unspecified atom stereocenters. The number of aromatic nitrogens is 2. The lowest BCUT2D eigenvalue weighted by Crippen LogP contribution is -2.08. The van der Waals surface area contributed by atoms with Gasteiger partial charge in [-0.05, 0) is 244 Å². The number of hydrogen-bond acceptors (Lipinski definition) is 0. The number of nitrogens with one attached hydrogen (secondary N) is 2. The van der Waals surface area contributed by atoms with Crippen LogP contribution in [0.25, 0.3) is 54.7 Å². The maximum absolute atomic E-state index is 3.29. The average Bonchev–Trinajstić information content (AvgIpc) is 1.79. The molecule has 14 rings (SSSR count). The van der Waals surface area contributed by atoms with Gasteiger partial charge in [-0.1, -0.05) is 474 Å². The molecule has 13 aromatic rings. The first-order chi connectivity index (χ1) is 55.8. The summed E-state index contributed by atoms with van der Waals surface area (Å²) in [5.74, 6) is 8.06. The molecule has 1 fully saturated rings. The zero-order valence-corrected chi connectivity index (χ0v) is 75.6. The number of aromatic amines is 2. The molecule has 666 valence electrons. The van der Waals surface area contributed by atoms with Gasteiger partial charge in [-0.3, -0.25) is 0 Å². The van der Waals surface area contributed by atoms with E-state index in [0.717, 1.165) is 78.4 Å². The van der Waals surface area contributed by atoms with Crippen LogP contribution < -0.4 is 0 Å². The molecule has 0 radical (unpaired) electrons. The number of rotatable bonds is 23. The molecule has 2 heterocycles. The molecule has 0 atom stereocenters. The van der Waals surface area contributed by atoms with Gasteiger partial charge in [0.05, 0.1) is 0 Å². The second kappa shape index (κ2) is 64.5. The molecule has 0 aliphatic heterocycles. The molecule has 2 heteroatoms. The van der Waals surface area contributed by atoms with Crippen molar-refractivity contribution in [3.05, 3.63) is 348 Å². The molecule has 2 nitrogen and oxygen atoms in total. The van der Waals surface area contributed by atoms with Crippen molar-refractivity contribution in [1.82, 2.24) is 9.97 Å². The molecule has 0 saturated heterocycles. The van der Waals surface area contributed by atoms with Crippen LogP contribution in [0, 0.1) is 66.1 Å². The molecule has 11 aromatic carbocycles. The van der Waals surface area contributed by atoms with Gasteiger partial charge < -0.3 is 9.97 Å². The van der Waals surface area contributed by atoms with E-state index in [1.807, 2.05) is 12.3 Å². The van der Waals surface area contributed by atoms with Gasteiger partial charge >= 0.3 is 0 Å². The molecule has 0 spiro atoms. The third kappa shape index (κ3) is 47.4. The van der Waals surface area contributed by atoms with Gasteiger partial charge in [0.1, 0.15) is 0 Å². The van der Waals surface area contributed by atoms with Crippen molar-refractivity contribution in [3.8, 4) is 22.3 Å². The summed E-state index contributed by atoms with van der Waals surface area (Å²) < 4.78 is 0. The van der Waals surface area contributed by atoms with Crippen LogP contribution in [0.15, 0.2) is 298 Å². The molecule has 2 aromatic heterocycles. The number of para-hydroxylation sites is 1. The van der Waals surface area contributed by atoms with E-state index in [4.69, 9.17) is 0 Å². The second-order valence-corrected chi connectivity index (χ2v) is 36.4. The van der Waals surface area contributed by atoms with Crippen molar-refractivity contribution in [3.63, 3.8) is 0 Å². The molecule has 1 aliphatic rings. The Balaban J connectivity index is 0.00000135. The lowest BCUT2D eigenvalue weighted by Gasteiger charge is -2.22. The van der Waals surface area contributed by atoms with Crippen molar-refractivity contribution in [2.45, 2.75) is 285 Å². The SMILES string of the molecule is C.C.C.C.C.C.CC(C)CC1CCCCC1.CC(C)CCc1ccc(-c2ccccc2)cc1.CC(C)CCc1ccccc1.CC(C)Cc1c[nH]c2ccccc12.CC(C)Cc1ccc(-c2ccccc2)cc1.CC(C)Cc1ccc2ccccc2c1.CC(C)Cc1ccc[nH]1.CC(C)Cc1cccc2ccccc12.Cc1ccc(CCC(C)C)cc1. The summed E-state index contributed by atoms with van der Waals surface area (Å²) >= 11 is 0. The standard InChI is InChI=1S/C17H20.C16H18.2C14H16.C12H15N.C12H18.C11H16.C10H20.C8H13N.6CH4/c1-14(2)8-9-15-10-12-17(13-11-15)16-6-4-3-5-7-16;1-13(2)12-14-8-10-16(11-9-14)15-6-4-3-5-7-15;1-11(2)10-13-8-5-7-12-6-3-4-9-14(12)13;1-11(2)9-12-7-8-13-5-3-4-6-14(13)10-12;1-9(2)7-10-8-13-12-6-4-3-5-11(10)12;1-10(2)4-7-12-8-5-11(3)6-9-12;1-10(2)8-9-11-6-4-3-5-7-11;1-9(2)8-10-6-4-3-5-7-10;1-7(2)6-8-4-3-5-9-8;;;;;;/h3-7,10-14H,8-9H2,1-2H3;3-11,13H,12H2,1-2H3;3-9,11H,10H2,1-2H3;3-8,10-11H,9H2,1-2H3;3-6,8-9,13H,7H2,1-2H3;5-6,8-10H,4,7H2,1-3H3;3-7,10H,8-9H2,1-2H3;9-10H,3-8H2,1-2H3;3-5,7,9H,6H2,1-2H3;6*1H4. The van der Waals surface area contributed by atoms with Gasteiger partial charge in [0.2, 0.25) is 0 Å². The highest BCUT2D eigenvalue weighted by molar-refractivity contribution is 5.86. The monoisotopic (exact) mass is 1650 g/mol. The van der Waals surface area contributed by atoms with Crippen LogP contribution in [-0.2, 0) is 51.4 Å². The van der Waals surface area contributed by atoms with Crippen molar-refractivity contribution in [2.75, 3.05) is 0 Å². The molecule has 0 bridgehead atoms. The summed E-state index contributed by atoms with van der Waals surface area (Å²) in [5.41, 5.74) is 19.3. The molecule has 2 N–H and O–H groups in total.